The van der Waals surface area contributed by atoms with E-state index < -0.39 is 11.2 Å². The van der Waals surface area contributed by atoms with E-state index in [0.29, 0.717) is 0 Å². The molecule has 3 heteroatoms. The fourth-order valence-corrected chi connectivity index (χ4v) is 2.37. The number of aliphatic hydroxyl groups is 3. The molecule has 0 radical (unpaired) electrons. The van der Waals surface area contributed by atoms with E-state index in [4.69, 9.17) is 0 Å². The molecule has 0 atom stereocenters. The molecule has 0 aliphatic carbocycles. The van der Waals surface area contributed by atoms with Crippen molar-refractivity contribution < 1.29 is 15.3 Å². The van der Waals surface area contributed by atoms with Crippen LogP contribution in [0, 0.1) is 0 Å². The van der Waals surface area contributed by atoms with Crippen LogP contribution in [0.1, 0.15) is 91.9 Å². The first kappa shape index (κ1) is 19.9. The van der Waals surface area contributed by atoms with Crippen LogP contribution in [0.25, 0.3) is 0 Å². The van der Waals surface area contributed by atoms with Crippen LogP contribution in [0.2, 0.25) is 0 Å². The van der Waals surface area contributed by atoms with Crippen LogP contribution in [0.15, 0.2) is 0 Å². The van der Waals surface area contributed by atoms with Crippen molar-refractivity contribution in [1.29, 1.82) is 0 Å². The van der Waals surface area contributed by atoms with Crippen LogP contribution in [0.4, 0.5) is 0 Å². The van der Waals surface area contributed by atoms with Gasteiger partial charge in [-0.15, -0.1) is 0 Å². The molecular formula is C17H36O3. The minimum Gasteiger partial charge on any atom is -0.393 e. The molecule has 3 N–H and O–H groups in total. The van der Waals surface area contributed by atoms with E-state index in [-0.39, 0.29) is 6.10 Å². The molecule has 0 aromatic carbocycles. The van der Waals surface area contributed by atoms with Gasteiger partial charge in [0.15, 0.2) is 0 Å². The van der Waals surface area contributed by atoms with Gasteiger partial charge < -0.3 is 15.3 Å². The van der Waals surface area contributed by atoms with Gasteiger partial charge in [0.2, 0.25) is 0 Å². The predicted molar refractivity (Wildman–Crippen MR) is 84.8 cm³/mol. The van der Waals surface area contributed by atoms with Gasteiger partial charge in [-0.25, -0.2) is 0 Å². The van der Waals surface area contributed by atoms with E-state index in [2.05, 4.69) is 0 Å². The van der Waals surface area contributed by atoms with Crippen LogP contribution in [-0.2, 0) is 0 Å². The first-order chi connectivity index (χ1) is 9.10. The molecule has 0 aromatic rings. The van der Waals surface area contributed by atoms with Crippen LogP contribution in [-0.4, -0.2) is 32.6 Å². The van der Waals surface area contributed by atoms with E-state index in [1.165, 1.54) is 0 Å². The maximum Gasteiger partial charge on any atom is 0.0591 e. The number of hydrogen-bond acceptors (Lipinski definition) is 3. The van der Waals surface area contributed by atoms with Crippen molar-refractivity contribution >= 4 is 0 Å². The summed E-state index contributed by atoms with van der Waals surface area (Å²) in [5.74, 6) is 0. The molecule has 0 aliphatic rings. The van der Waals surface area contributed by atoms with Gasteiger partial charge in [0.25, 0.3) is 0 Å². The largest absolute Gasteiger partial charge is 0.393 e. The molecule has 0 rings (SSSR count). The average Bonchev–Trinajstić information content (AvgIpc) is 2.25. The lowest BCUT2D eigenvalue weighted by atomic mass is 9.97. The van der Waals surface area contributed by atoms with Gasteiger partial charge >= 0.3 is 0 Å². The third-order valence-electron chi connectivity index (χ3n) is 3.65. The highest BCUT2D eigenvalue weighted by atomic mass is 16.3. The smallest absolute Gasteiger partial charge is 0.0591 e. The van der Waals surface area contributed by atoms with Gasteiger partial charge in [0.1, 0.15) is 0 Å². The lowest BCUT2D eigenvalue weighted by molar-refractivity contribution is 0.0674. The molecule has 0 fully saturated rings. The fraction of sp³-hybridized carbons (Fsp3) is 1.00. The lowest BCUT2D eigenvalue weighted by Gasteiger charge is -2.17. The fourth-order valence-electron chi connectivity index (χ4n) is 2.37. The van der Waals surface area contributed by atoms with E-state index >= 15 is 0 Å². The number of unbranched alkanes of at least 4 members (excludes halogenated alkanes) is 4. The van der Waals surface area contributed by atoms with Crippen molar-refractivity contribution in [3.8, 4) is 0 Å². The lowest BCUT2D eigenvalue weighted by Crippen LogP contribution is -2.18. The van der Waals surface area contributed by atoms with Crippen LogP contribution < -0.4 is 0 Å². The summed E-state index contributed by atoms with van der Waals surface area (Å²) in [5.41, 5.74) is -1.11. The molecule has 3 nitrogen and oxygen atoms in total. The van der Waals surface area contributed by atoms with E-state index in [1.54, 1.807) is 0 Å². The van der Waals surface area contributed by atoms with Gasteiger partial charge in [-0.3, -0.25) is 0 Å². The summed E-state index contributed by atoms with van der Waals surface area (Å²) in [4.78, 5) is 0. The molecule has 122 valence electrons. The third-order valence-corrected chi connectivity index (χ3v) is 3.65. The standard InChI is InChI=1S/C17H36O3/c1-16(2,19)13-9-5-7-11-15(18)12-8-6-10-14-17(3,4)20/h15,18-20H,5-14H2,1-4H3. The van der Waals surface area contributed by atoms with Crippen LogP contribution in [0.5, 0.6) is 0 Å². The molecule has 0 aromatic heterocycles. The maximum absolute atomic E-state index is 9.87. The molecule has 0 bridgehead atoms. The van der Waals surface area contributed by atoms with E-state index in [9.17, 15) is 15.3 Å². The Morgan fingerprint density at radius 3 is 1.30 bits per heavy atom. The third kappa shape index (κ3) is 15.9. The Morgan fingerprint density at radius 2 is 1.00 bits per heavy atom. The summed E-state index contributed by atoms with van der Waals surface area (Å²) in [6.45, 7) is 7.37. The second-order valence-corrected chi connectivity index (χ2v) is 7.48. The summed E-state index contributed by atoms with van der Waals surface area (Å²) in [6, 6.07) is 0. The number of hydrogen-bond donors (Lipinski definition) is 3. The van der Waals surface area contributed by atoms with Crippen molar-refractivity contribution in [2.75, 3.05) is 0 Å². The molecule has 0 heterocycles. The van der Waals surface area contributed by atoms with Crippen molar-refractivity contribution in [2.45, 2.75) is 109 Å². The maximum atomic E-state index is 9.87. The molecule has 20 heavy (non-hydrogen) atoms. The predicted octanol–water partition coefficient (Wildman–Crippen LogP) is 3.79. The Morgan fingerprint density at radius 1 is 0.650 bits per heavy atom. The minimum absolute atomic E-state index is 0.181. The Hall–Kier alpha value is -0.120. The zero-order valence-electron chi connectivity index (χ0n) is 14.0. The molecule has 0 saturated heterocycles. The summed E-state index contributed by atoms with van der Waals surface area (Å²) in [7, 11) is 0. The second-order valence-electron chi connectivity index (χ2n) is 7.48. The average molecular weight is 288 g/mol. The first-order valence-corrected chi connectivity index (χ1v) is 8.23. The van der Waals surface area contributed by atoms with Crippen molar-refractivity contribution in [1.82, 2.24) is 0 Å². The SMILES string of the molecule is CC(C)(O)CCCCCC(O)CCCCCC(C)(C)O. The Bertz CT molecular complexity index is 201. The van der Waals surface area contributed by atoms with E-state index in [1.807, 2.05) is 27.7 Å². The highest BCUT2D eigenvalue weighted by Crippen LogP contribution is 2.17. The Kier molecular flexibility index (Phi) is 9.69. The molecular weight excluding hydrogens is 252 g/mol. The van der Waals surface area contributed by atoms with Crippen molar-refractivity contribution in [3.05, 3.63) is 0 Å². The molecule has 0 saturated carbocycles. The highest BCUT2D eigenvalue weighted by molar-refractivity contribution is 4.66. The van der Waals surface area contributed by atoms with Gasteiger partial charge in [-0.2, -0.15) is 0 Å². The van der Waals surface area contributed by atoms with E-state index in [0.717, 1.165) is 64.2 Å². The first-order valence-electron chi connectivity index (χ1n) is 8.23. The topological polar surface area (TPSA) is 60.7 Å². The quantitative estimate of drug-likeness (QED) is 0.479. The Balaban J connectivity index is 3.35. The van der Waals surface area contributed by atoms with Crippen molar-refractivity contribution in [2.24, 2.45) is 0 Å². The number of aliphatic hydroxyl groups excluding tert-OH is 1. The molecule has 0 amide bonds. The normalized spacial score (nSPS) is 13.2. The second kappa shape index (κ2) is 9.75. The summed E-state index contributed by atoms with van der Waals surface area (Å²) in [5, 5.41) is 29.0. The minimum atomic E-state index is -0.556. The van der Waals surface area contributed by atoms with Gasteiger partial charge in [-0.1, -0.05) is 38.5 Å². The van der Waals surface area contributed by atoms with Gasteiger partial charge in [0, 0.05) is 0 Å². The van der Waals surface area contributed by atoms with Crippen LogP contribution in [0.3, 0.4) is 0 Å². The highest BCUT2D eigenvalue weighted by Gasteiger charge is 2.12. The Labute approximate surface area is 125 Å². The zero-order chi connectivity index (χ0) is 15.6. The van der Waals surface area contributed by atoms with Crippen molar-refractivity contribution in [3.63, 3.8) is 0 Å². The molecule has 0 aliphatic heterocycles. The number of rotatable bonds is 12. The summed E-state index contributed by atoms with van der Waals surface area (Å²) < 4.78 is 0. The summed E-state index contributed by atoms with van der Waals surface area (Å²) >= 11 is 0. The van der Waals surface area contributed by atoms with Crippen LogP contribution >= 0.6 is 0 Å². The molecule has 0 unspecified atom stereocenters. The van der Waals surface area contributed by atoms with Gasteiger partial charge in [0.05, 0.1) is 17.3 Å². The summed E-state index contributed by atoms with van der Waals surface area (Å²) in [6.07, 6.45) is 9.54. The molecule has 0 spiro atoms. The zero-order valence-corrected chi connectivity index (χ0v) is 14.0. The van der Waals surface area contributed by atoms with Gasteiger partial charge in [-0.05, 0) is 53.4 Å². The monoisotopic (exact) mass is 288 g/mol.